The van der Waals surface area contributed by atoms with Gasteiger partial charge in [-0.05, 0) is 43.7 Å². The molecule has 2 saturated heterocycles. The second-order valence-electron chi connectivity index (χ2n) is 8.92. The number of carbonyl (C=O) groups excluding carboxylic acids is 3. The highest BCUT2D eigenvalue weighted by Crippen LogP contribution is 2.42. The lowest BCUT2D eigenvalue weighted by Crippen LogP contribution is -2.45. The van der Waals surface area contributed by atoms with E-state index in [0.29, 0.717) is 32.7 Å². The zero-order valence-electron chi connectivity index (χ0n) is 19.6. The highest BCUT2D eigenvalue weighted by molar-refractivity contribution is 6.11. The molecule has 2 aliphatic heterocycles. The number of rotatable bonds is 11. The van der Waals surface area contributed by atoms with Crippen LogP contribution in [-0.4, -0.2) is 73.6 Å². The maximum atomic E-state index is 13.7. The molecule has 32 heavy (non-hydrogen) atoms. The lowest BCUT2D eigenvalue weighted by atomic mass is 9.74. The number of likely N-dealkylation sites (tertiary alicyclic amines) is 1. The Labute approximate surface area is 191 Å². The highest BCUT2D eigenvalue weighted by Gasteiger charge is 2.54. The van der Waals surface area contributed by atoms with Gasteiger partial charge in [-0.25, -0.2) is 0 Å². The number of amides is 3. The minimum atomic E-state index is -1.16. The summed E-state index contributed by atoms with van der Waals surface area (Å²) < 4.78 is 10.8. The van der Waals surface area contributed by atoms with Gasteiger partial charge in [0, 0.05) is 52.8 Å². The Balaban J connectivity index is 1.89. The van der Waals surface area contributed by atoms with Crippen LogP contribution >= 0.6 is 0 Å². The number of aryl methyl sites for hydroxylation is 1. The Bertz CT molecular complexity index is 820. The van der Waals surface area contributed by atoms with Crippen LogP contribution in [0, 0.1) is 6.92 Å². The largest absolute Gasteiger partial charge is 0.385 e. The Morgan fingerprint density at radius 1 is 1.31 bits per heavy atom. The van der Waals surface area contributed by atoms with Gasteiger partial charge in [-0.3, -0.25) is 19.3 Å². The van der Waals surface area contributed by atoms with Gasteiger partial charge in [-0.15, -0.1) is 0 Å². The quantitative estimate of drug-likeness (QED) is 0.388. The molecule has 2 atom stereocenters. The van der Waals surface area contributed by atoms with Crippen molar-refractivity contribution in [2.45, 2.75) is 63.9 Å². The molecule has 2 fully saturated rings. The normalized spacial score (nSPS) is 23.2. The van der Waals surface area contributed by atoms with E-state index in [0.717, 1.165) is 37.0 Å². The minimum absolute atomic E-state index is 0.00404. The average molecular weight is 445 g/mol. The number of benzene rings is 1. The molecule has 0 bridgehead atoms. The summed E-state index contributed by atoms with van der Waals surface area (Å²) in [5.41, 5.74) is 0.533. The number of nitrogens with zero attached hydrogens (tertiary/aromatic N) is 2. The molecule has 0 radical (unpaired) electrons. The van der Waals surface area contributed by atoms with Gasteiger partial charge in [0.1, 0.15) is 0 Å². The van der Waals surface area contributed by atoms with Crippen molar-refractivity contribution in [2.24, 2.45) is 0 Å². The monoisotopic (exact) mass is 444 g/mol. The van der Waals surface area contributed by atoms with Gasteiger partial charge >= 0.3 is 0 Å². The van der Waals surface area contributed by atoms with Crippen molar-refractivity contribution in [1.82, 2.24) is 9.80 Å². The standard InChI is InChI=1S/C25H36N2O5/c1-4-12-26(18-20-10-7-15-32-20)22(28)16-25(21-11-6-5-9-19(21)2)17-23(29)27(24(25)30)13-8-14-31-3/h5-6,9,11,20H,4,7-8,10,12-18H2,1-3H3/t20-,25-/m0/s1. The van der Waals surface area contributed by atoms with Crippen LogP contribution in [0.5, 0.6) is 0 Å². The van der Waals surface area contributed by atoms with Crippen LogP contribution in [0.3, 0.4) is 0 Å². The van der Waals surface area contributed by atoms with Gasteiger partial charge in [0.25, 0.3) is 0 Å². The summed E-state index contributed by atoms with van der Waals surface area (Å²) in [6.07, 6.45) is 3.42. The Morgan fingerprint density at radius 3 is 2.75 bits per heavy atom. The average Bonchev–Trinajstić information content (AvgIpc) is 3.36. The lowest BCUT2D eigenvalue weighted by molar-refractivity contribution is -0.143. The smallest absolute Gasteiger partial charge is 0.240 e. The van der Waals surface area contributed by atoms with Crippen molar-refractivity contribution >= 4 is 17.7 Å². The van der Waals surface area contributed by atoms with Crippen LogP contribution in [0.4, 0.5) is 0 Å². The summed E-state index contributed by atoms with van der Waals surface area (Å²) in [4.78, 5) is 43.4. The molecule has 176 valence electrons. The van der Waals surface area contributed by atoms with Crippen molar-refractivity contribution < 1.29 is 23.9 Å². The molecular formula is C25H36N2O5. The van der Waals surface area contributed by atoms with Crippen LogP contribution in [0.15, 0.2) is 24.3 Å². The summed E-state index contributed by atoms with van der Waals surface area (Å²) in [6, 6.07) is 7.60. The number of hydrogen-bond acceptors (Lipinski definition) is 5. The third kappa shape index (κ3) is 5.21. The van der Waals surface area contributed by atoms with E-state index in [1.807, 2.05) is 43.0 Å². The summed E-state index contributed by atoms with van der Waals surface area (Å²) in [6.45, 7) is 6.63. The molecule has 2 heterocycles. The first-order valence-electron chi connectivity index (χ1n) is 11.7. The molecule has 3 amide bonds. The second kappa shape index (κ2) is 11.1. The minimum Gasteiger partial charge on any atom is -0.385 e. The van der Waals surface area contributed by atoms with Crippen molar-refractivity contribution in [3.8, 4) is 0 Å². The predicted molar refractivity (Wildman–Crippen MR) is 121 cm³/mol. The summed E-state index contributed by atoms with van der Waals surface area (Å²) >= 11 is 0. The molecule has 0 spiro atoms. The van der Waals surface area contributed by atoms with E-state index in [9.17, 15) is 14.4 Å². The van der Waals surface area contributed by atoms with E-state index >= 15 is 0 Å². The zero-order chi connectivity index (χ0) is 23.1. The number of ether oxygens (including phenoxy) is 2. The number of carbonyl (C=O) groups is 3. The Morgan fingerprint density at radius 2 is 2.09 bits per heavy atom. The Hall–Kier alpha value is -2.25. The van der Waals surface area contributed by atoms with E-state index in [-0.39, 0.29) is 36.7 Å². The van der Waals surface area contributed by atoms with Crippen molar-refractivity contribution in [3.63, 3.8) is 0 Å². The van der Waals surface area contributed by atoms with Gasteiger partial charge in [0.2, 0.25) is 17.7 Å². The molecule has 1 aromatic rings. The molecule has 7 heteroatoms. The van der Waals surface area contributed by atoms with Gasteiger partial charge in [-0.2, -0.15) is 0 Å². The number of hydrogen-bond donors (Lipinski definition) is 0. The topological polar surface area (TPSA) is 76.2 Å². The van der Waals surface area contributed by atoms with E-state index in [1.165, 1.54) is 4.90 Å². The molecule has 0 N–H and O–H groups in total. The van der Waals surface area contributed by atoms with Crippen molar-refractivity contribution in [1.29, 1.82) is 0 Å². The molecule has 7 nitrogen and oxygen atoms in total. The van der Waals surface area contributed by atoms with Crippen LogP contribution in [0.1, 0.15) is 56.6 Å². The van der Waals surface area contributed by atoms with Crippen molar-refractivity contribution in [2.75, 3.05) is 40.0 Å². The summed E-state index contributed by atoms with van der Waals surface area (Å²) in [5, 5.41) is 0. The summed E-state index contributed by atoms with van der Waals surface area (Å²) in [5.74, 6) is -0.580. The fraction of sp³-hybridized carbons (Fsp3) is 0.640. The van der Waals surface area contributed by atoms with E-state index in [1.54, 1.807) is 7.11 Å². The van der Waals surface area contributed by atoms with Gasteiger partial charge < -0.3 is 14.4 Å². The van der Waals surface area contributed by atoms with E-state index < -0.39 is 5.41 Å². The van der Waals surface area contributed by atoms with Gasteiger partial charge in [-0.1, -0.05) is 31.2 Å². The molecule has 0 aromatic heterocycles. The Kier molecular flexibility index (Phi) is 8.43. The van der Waals surface area contributed by atoms with Gasteiger partial charge in [0.05, 0.1) is 11.5 Å². The molecule has 3 rings (SSSR count). The van der Waals surface area contributed by atoms with Crippen LogP contribution in [0.25, 0.3) is 0 Å². The van der Waals surface area contributed by atoms with Crippen LogP contribution < -0.4 is 0 Å². The molecule has 2 aliphatic rings. The molecule has 0 unspecified atom stereocenters. The second-order valence-corrected chi connectivity index (χ2v) is 8.92. The molecular weight excluding hydrogens is 408 g/mol. The van der Waals surface area contributed by atoms with Crippen LogP contribution in [-0.2, 0) is 29.3 Å². The lowest BCUT2D eigenvalue weighted by Gasteiger charge is -2.32. The van der Waals surface area contributed by atoms with E-state index in [2.05, 4.69) is 0 Å². The zero-order valence-corrected chi connectivity index (χ0v) is 19.6. The number of imide groups is 1. The third-order valence-electron chi connectivity index (χ3n) is 6.55. The first-order chi connectivity index (χ1) is 15.4. The first kappa shape index (κ1) is 24.4. The first-order valence-corrected chi connectivity index (χ1v) is 11.7. The highest BCUT2D eigenvalue weighted by atomic mass is 16.5. The maximum Gasteiger partial charge on any atom is 0.240 e. The van der Waals surface area contributed by atoms with Crippen LogP contribution in [0.2, 0.25) is 0 Å². The molecule has 1 aromatic carbocycles. The third-order valence-corrected chi connectivity index (χ3v) is 6.55. The maximum absolute atomic E-state index is 13.7. The fourth-order valence-electron chi connectivity index (χ4n) is 4.94. The molecule has 0 saturated carbocycles. The fourth-order valence-corrected chi connectivity index (χ4v) is 4.94. The number of methoxy groups -OCH3 is 1. The summed E-state index contributed by atoms with van der Waals surface area (Å²) in [7, 11) is 1.60. The van der Waals surface area contributed by atoms with E-state index in [4.69, 9.17) is 9.47 Å². The predicted octanol–water partition coefficient (Wildman–Crippen LogP) is 2.84. The SMILES string of the molecule is CCCN(C[C@@H]1CCCO1)C(=O)C[C@@]1(c2ccccc2C)CC(=O)N(CCCOC)C1=O. The molecule has 0 aliphatic carbocycles. The van der Waals surface area contributed by atoms with Crippen molar-refractivity contribution in [3.05, 3.63) is 35.4 Å². The van der Waals surface area contributed by atoms with Gasteiger partial charge in [0.15, 0.2) is 0 Å².